The lowest BCUT2D eigenvalue weighted by Gasteiger charge is -2.19. The highest BCUT2D eigenvalue weighted by Gasteiger charge is 2.19. The molecule has 1 saturated carbocycles. The van der Waals surface area contributed by atoms with Crippen molar-refractivity contribution in [3.63, 3.8) is 0 Å². The third-order valence-electron chi connectivity index (χ3n) is 4.06. The van der Waals surface area contributed by atoms with E-state index in [1.807, 2.05) is 19.4 Å². The molecular weight excluding hydrogens is 298 g/mol. The highest BCUT2D eigenvalue weighted by Crippen LogP contribution is 2.27. The van der Waals surface area contributed by atoms with Gasteiger partial charge >= 0.3 is 0 Å². The number of benzene rings is 1. The second-order valence-corrected chi connectivity index (χ2v) is 5.95. The van der Waals surface area contributed by atoms with Gasteiger partial charge in [0, 0.05) is 29.4 Å². The van der Waals surface area contributed by atoms with Gasteiger partial charge in [-0.25, -0.2) is 4.98 Å². The van der Waals surface area contributed by atoms with E-state index < -0.39 is 0 Å². The van der Waals surface area contributed by atoms with Crippen LogP contribution in [-0.4, -0.2) is 21.9 Å². The number of imidazole rings is 1. The van der Waals surface area contributed by atoms with Crippen molar-refractivity contribution in [2.45, 2.75) is 39.2 Å². The van der Waals surface area contributed by atoms with E-state index in [9.17, 15) is 0 Å². The van der Waals surface area contributed by atoms with Gasteiger partial charge in [0.15, 0.2) is 0 Å². The fraction of sp³-hybridized carbons (Fsp3) is 0.400. The maximum Gasteiger partial charge on any atom is 0.114 e. The molecule has 0 saturated heterocycles. The van der Waals surface area contributed by atoms with Crippen molar-refractivity contribution in [3.8, 4) is 11.8 Å². The van der Waals surface area contributed by atoms with E-state index in [2.05, 4.69) is 57.7 Å². The van der Waals surface area contributed by atoms with E-state index in [0.29, 0.717) is 12.5 Å². The molecule has 0 spiro atoms. The Morgan fingerprint density at radius 2 is 2.12 bits per heavy atom. The first-order valence-corrected chi connectivity index (χ1v) is 8.61. The van der Waals surface area contributed by atoms with Gasteiger partial charge in [-0.05, 0) is 38.3 Å². The Morgan fingerprint density at radius 3 is 2.71 bits per heavy atom. The molecule has 0 radical (unpaired) electrons. The Bertz CT molecular complexity index is 731. The fourth-order valence-electron chi connectivity index (χ4n) is 2.58. The van der Waals surface area contributed by atoms with Gasteiger partial charge in [0.25, 0.3) is 0 Å². The van der Waals surface area contributed by atoms with Crippen LogP contribution in [0.5, 0.6) is 0 Å². The summed E-state index contributed by atoms with van der Waals surface area (Å²) in [5.41, 5.74) is 3.03. The molecule has 4 heteroatoms. The summed E-state index contributed by atoms with van der Waals surface area (Å²) < 4.78 is 2.07. The van der Waals surface area contributed by atoms with Gasteiger partial charge in [-0.15, -0.1) is 0 Å². The van der Waals surface area contributed by atoms with Gasteiger partial charge < -0.3 is 9.40 Å². The minimum absolute atomic E-state index is 0.0995. The van der Waals surface area contributed by atoms with Crippen molar-refractivity contribution in [2.75, 3.05) is 6.61 Å². The van der Waals surface area contributed by atoms with Crippen LogP contribution in [0.2, 0.25) is 0 Å². The molecule has 1 unspecified atom stereocenters. The number of hydrogen-bond donors (Lipinski definition) is 0. The fourth-order valence-corrected chi connectivity index (χ4v) is 2.58. The Balaban J connectivity index is 1.86. The Morgan fingerprint density at radius 1 is 1.33 bits per heavy atom. The molecule has 1 heterocycles. The van der Waals surface area contributed by atoms with E-state index in [-0.39, 0.29) is 6.04 Å². The summed E-state index contributed by atoms with van der Waals surface area (Å²) in [4.78, 5) is 9.53. The molecule has 1 atom stereocenters. The van der Waals surface area contributed by atoms with Crippen LogP contribution in [-0.2, 0) is 4.84 Å². The highest BCUT2D eigenvalue weighted by atomic mass is 16.6. The molecule has 124 valence electrons. The monoisotopic (exact) mass is 321 g/mol. The molecule has 0 aliphatic heterocycles. The quantitative estimate of drug-likeness (QED) is 0.458. The van der Waals surface area contributed by atoms with Gasteiger partial charge in [-0.2, -0.15) is 0 Å². The van der Waals surface area contributed by atoms with Gasteiger partial charge in [0.2, 0.25) is 0 Å². The van der Waals surface area contributed by atoms with Crippen LogP contribution < -0.4 is 0 Å². The normalized spacial score (nSPS) is 15.5. The van der Waals surface area contributed by atoms with E-state index >= 15 is 0 Å². The summed E-state index contributed by atoms with van der Waals surface area (Å²) in [6.07, 6.45) is 8.98. The molecule has 0 N–H and O–H groups in total. The molecule has 1 fully saturated rings. The number of rotatable bonds is 6. The van der Waals surface area contributed by atoms with E-state index in [1.165, 1.54) is 12.8 Å². The molecular formula is C20H23N3O. The predicted octanol–water partition coefficient (Wildman–Crippen LogP) is 4.04. The number of hydrogen-bond acceptors (Lipinski definition) is 3. The maximum atomic E-state index is 5.37. The standard InChI is InChI=1S/C20H23N3O/c1-3-19(23-14-13-21-15-23)20(22-24-4-2)18-11-9-17(10-12-18)8-7-16-5-6-16/h9-16,19H,3-6H2,1-2H3/b22-20-. The summed E-state index contributed by atoms with van der Waals surface area (Å²) in [7, 11) is 0. The third-order valence-corrected chi connectivity index (χ3v) is 4.06. The van der Waals surface area contributed by atoms with Crippen LogP contribution in [0.1, 0.15) is 50.3 Å². The van der Waals surface area contributed by atoms with E-state index in [4.69, 9.17) is 4.84 Å². The molecule has 2 aromatic rings. The molecule has 3 rings (SSSR count). The predicted molar refractivity (Wildman–Crippen MR) is 95.8 cm³/mol. The average Bonchev–Trinajstić information content (AvgIpc) is 3.30. The summed E-state index contributed by atoms with van der Waals surface area (Å²) in [6.45, 7) is 4.63. The number of nitrogens with zero attached hydrogens (tertiary/aromatic N) is 3. The number of oxime groups is 1. The summed E-state index contributed by atoms with van der Waals surface area (Å²) in [5.74, 6) is 7.16. The molecule has 1 aromatic carbocycles. The van der Waals surface area contributed by atoms with Crippen molar-refractivity contribution in [3.05, 3.63) is 54.1 Å². The molecule has 0 amide bonds. The first kappa shape index (κ1) is 16.3. The Labute approximate surface area is 143 Å². The van der Waals surface area contributed by atoms with Crippen molar-refractivity contribution >= 4 is 5.71 Å². The zero-order chi connectivity index (χ0) is 16.8. The lowest BCUT2D eigenvalue weighted by Crippen LogP contribution is -2.19. The Hall–Kier alpha value is -2.54. The van der Waals surface area contributed by atoms with Crippen molar-refractivity contribution in [1.29, 1.82) is 0 Å². The lowest BCUT2D eigenvalue weighted by atomic mass is 10.00. The second kappa shape index (κ2) is 7.83. The van der Waals surface area contributed by atoms with Crippen LogP contribution >= 0.6 is 0 Å². The molecule has 1 aliphatic rings. The molecule has 1 aromatic heterocycles. The zero-order valence-corrected chi connectivity index (χ0v) is 14.3. The highest BCUT2D eigenvalue weighted by molar-refractivity contribution is 6.03. The van der Waals surface area contributed by atoms with Crippen LogP contribution in [0.25, 0.3) is 0 Å². The van der Waals surface area contributed by atoms with Crippen LogP contribution in [0.4, 0.5) is 0 Å². The Kier molecular flexibility index (Phi) is 5.32. The van der Waals surface area contributed by atoms with Crippen molar-refractivity contribution in [2.24, 2.45) is 11.1 Å². The summed E-state index contributed by atoms with van der Waals surface area (Å²) in [5, 5.41) is 4.39. The first-order valence-electron chi connectivity index (χ1n) is 8.61. The van der Waals surface area contributed by atoms with Crippen molar-refractivity contribution in [1.82, 2.24) is 9.55 Å². The molecule has 24 heavy (non-hydrogen) atoms. The average molecular weight is 321 g/mol. The summed E-state index contributed by atoms with van der Waals surface area (Å²) >= 11 is 0. The zero-order valence-electron chi connectivity index (χ0n) is 14.3. The van der Waals surface area contributed by atoms with Crippen LogP contribution in [0, 0.1) is 17.8 Å². The molecule has 4 nitrogen and oxygen atoms in total. The topological polar surface area (TPSA) is 39.4 Å². The SMILES string of the molecule is CCO/N=C(/c1ccc(C#CC2CC2)cc1)C(CC)n1ccnc1. The maximum absolute atomic E-state index is 5.37. The van der Waals surface area contributed by atoms with E-state index in [0.717, 1.165) is 23.3 Å². The third kappa shape index (κ3) is 4.05. The van der Waals surface area contributed by atoms with Gasteiger partial charge in [-0.3, -0.25) is 0 Å². The molecule has 1 aliphatic carbocycles. The van der Waals surface area contributed by atoms with Crippen LogP contribution in [0.3, 0.4) is 0 Å². The van der Waals surface area contributed by atoms with Gasteiger partial charge in [0.1, 0.15) is 12.3 Å². The first-order chi connectivity index (χ1) is 11.8. The van der Waals surface area contributed by atoms with Gasteiger partial charge in [-0.1, -0.05) is 36.1 Å². The minimum atomic E-state index is 0.0995. The van der Waals surface area contributed by atoms with Crippen LogP contribution in [0.15, 0.2) is 48.1 Å². The second-order valence-electron chi connectivity index (χ2n) is 5.95. The smallest absolute Gasteiger partial charge is 0.114 e. The van der Waals surface area contributed by atoms with Crippen molar-refractivity contribution < 1.29 is 4.84 Å². The lowest BCUT2D eigenvalue weighted by molar-refractivity contribution is 0.157. The van der Waals surface area contributed by atoms with E-state index in [1.54, 1.807) is 6.20 Å². The summed E-state index contributed by atoms with van der Waals surface area (Å²) in [6, 6.07) is 8.38. The molecule has 0 bridgehead atoms. The minimum Gasteiger partial charge on any atom is -0.396 e. The van der Waals surface area contributed by atoms with Gasteiger partial charge in [0.05, 0.1) is 12.4 Å². The number of aromatic nitrogens is 2. The largest absolute Gasteiger partial charge is 0.396 e.